The summed E-state index contributed by atoms with van der Waals surface area (Å²) in [7, 11) is 0. The maximum atomic E-state index is 11.3. The van der Waals surface area contributed by atoms with Crippen molar-refractivity contribution in [3.8, 4) is 6.07 Å². The van der Waals surface area contributed by atoms with E-state index in [0.29, 0.717) is 79.6 Å². The van der Waals surface area contributed by atoms with Gasteiger partial charge in [0, 0.05) is 24.9 Å². The summed E-state index contributed by atoms with van der Waals surface area (Å²) in [6.45, 7) is 19.5. The maximum absolute atomic E-state index is 11.3. The molecule has 44 heavy (non-hydrogen) atoms. The van der Waals surface area contributed by atoms with Crippen LogP contribution in [0.5, 0.6) is 0 Å². The van der Waals surface area contributed by atoms with Gasteiger partial charge in [-0.05, 0) is 63.1 Å². The molecule has 2 rings (SSSR count). The molecule has 0 N–H and O–H groups in total. The molecule has 0 aliphatic rings. The Labute approximate surface area is 262 Å². The second-order valence-corrected chi connectivity index (χ2v) is 10.2. The molecule has 236 valence electrons. The van der Waals surface area contributed by atoms with E-state index in [1.807, 2.05) is 25.1 Å². The molecule has 2 aromatic rings. The van der Waals surface area contributed by atoms with Crippen molar-refractivity contribution in [1.82, 2.24) is 0 Å². The summed E-state index contributed by atoms with van der Waals surface area (Å²) in [5.41, 5.74) is 3.72. The van der Waals surface area contributed by atoms with Crippen LogP contribution in [0.25, 0.3) is 4.85 Å². The molecule has 0 radical (unpaired) electrons. The summed E-state index contributed by atoms with van der Waals surface area (Å²) in [4.78, 5) is 28.2. The highest BCUT2D eigenvalue weighted by Crippen LogP contribution is 2.42. The normalized spacial score (nSPS) is 11.1. The van der Waals surface area contributed by atoms with Gasteiger partial charge in [0.25, 0.3) is 0 Å². The van der Waals surface area contributed by atoms with Crippen LogP contribution in [0.2, 0.25) is 0 Å². The van der Waals surface area contributed by atoms with E-state index in [2.05, 4.69) is 33.0 Å². The Bertz CT molecular complexity index is 1360. The third kappa shape index (κ3) is 13.1. The number of nitriles is 1. The van der Waals surface area contributed by atoms with Gasteiger partial charge in [0.2, 0.25) is 5.69 Å². The van der Waals surface area contributed by atoms with Gasteiger partial charge in [0.15, 0.2) is 5.78 Å². The van der Waals surface area contributed by atoms with Crippen LogP contribution in [0.1, 0.15) is 29.9 Å². The van der Waals surface area contributed by atoms with E-state index in [1.165, 1.54) is 18.3 Å². The quantitative estimate of drug-likeness (QED) is 0.0555. The number of nitrogens with zero attached hydrogens (tertiary/aromatic N) is 5. The van der Waals surface area contributed by atoms with Crippen molar-refractivity contribution in [2.75, 3.05) is 77.5 Å². The number of esters is 1. The minimum Gasteiger partial charge on any atom is -0.460 e. The predicted molar refractivity (Wildman–Crippen MR) is 167 cm³/mol. The Morgan fingerprint density at radius 3 is 2.14 bits per heavy atom. The summed E-state index contributed by atoms with van der Waals surface area (Å²) < 4.78 is 26.9. The number of hydrogen-bond donors (Lipinski definition) is 0. The number of allylic oxidation sites excluding steroid dienone is 1. The van der Waals surface area contributed by atoms with Gasteiger partial charge in [-0.25, -0.2) is 9.64 Å². The fourth-order valence-electron chi connectivity index (χ4n) is 3.68. The SMILES string of the molecule is [C-]#[N+]c1c(N=Nc2ccc(N(CC)CCOCCOCCOCCOCCOC(=O)/C=C\C(C)=O)cc2C)sc(C#N)c1C. The standard InChI is InChI=1S/C31H39N5O7S/c1-6-36(26-8-9-27(23(2)21-26)34-35-31-30(33-5)25(4)28(22-32)44-31)11-12-39-13-14-40-15-16-41-17-18-42-19-20-43-29(38)10-7-24(3)37/h7-10,21H,6,11-20H2,1-4H3/b10-7-,35-34?. The Hall–Kier alpha value is -3.98. The highest BCUT2D eigenvalue weighted by Gasteiger charge is 2.15. The number of likely N-dealkylation sites (N-methyl/N-ethyl adjacent to an activating group) is 1. The number of carbonyl (C=O) groups excluding carboxylic acids is 2. The monoisotopic (exact) mass is 625 g/mol. The van der Waals surface area contributed by atoms with Gasteiger partial charge < -0.3 is 28.6 Å². The zero-order valence-corrected chi connectivity index (χ0v) is 26.5. The zero-order chi connectivity index (χ0) is 32.2. The van der Waals surface area contributed by atoms with Crippen molar-refractivity contribution < 1.29 is 33.3 Å². The lowest BCUT2D eigenvalue weighted by Crippen LogP contribution is -2.27. The molecule has 1 heterocycles. The zero-order valence-electron chi connectivity index (χ0n) is 25.7. The molecule has 1 aromatic heterocycles. The van der Waals surface area contributed by atoms with E-state index in [9.17, 15) is 14.9 Å². The number of aryl methyl sites for hydroxylation is 1. The third-order valence-corrected chi connectivity index (χ3v) is 7.10. The molecule has 0 aliphatic heterocycles. The number of rotatable bonds is 21. The molecule has 0 aliphatic carbocycles. The largest absolute Gasteiger partial charge is 0.460 e. The molecule has 12 nitrogen and oxygen atoms in total. The second-order valence-electron chi connectivity index (χ2n) is 9.24. The summed E-state index contributed by atoms with van der Waals surface area (Å²) in [5.74, 6) is -0.798. The van der Waals surface area contributed by atoms with Crippen LogP contribution in [0.15, 0.2) is 40.6 Å². The number of thiophene rings is 1. The van der Waals surface area contributed by atoms with E-state index >= 15 is 0 Å². The lowest BCUT2D eigenvalue weighted by Gasteiger charge is -2.23. The Balaban J connectivity index is 1.57. The van der Waals surface area contributed by atoms with Gasteiger partial charge in [0.1, 0.15) is 17.7 Å². The molecule has 1 aromatic carbocycles. The number of hydrogen-bond acceptors (Lipinski definition) is 12. The predicted octanol–water partition coefficient (Wildman–Crippen LogP) is 5.78. The Kier molecular flexibility index (Phi) is 17.2. The molecule has 0 bridgehead atoms. The summed E-state index contributed by atoms with van der Waals surface area (Å²) in [6, 6.07) is 8.04. The number of ketones is 1. The van der Waals surface area contributed by atoms with E-state index in [1.54, 1.807) is 6.92 Å². The van der Waals surface area contributed by atoms with Gasteiger partial charge in [-0.15, -0.1) is 11.3 Å². The topological polar surface area (TPSA) is 136 Å². The molecular formula is C31H39N5O7S. The van der Waals surface area contributed by atoms with Gasteiger partial charge in [-0.3, -0.25) is 4.79 Å². The van der Waals surface area contributed by atoms with Crippen LogP contribution >= 0.6 is 11.3 Å². The van der Waals surface area contributed by atoms with E-state index < -0.39 is 5.97 Å². The number of benzene rings is 1. The van der Waals surface area contributed by atoms with Crippen molar-refractivity contribution in [3.63, 3.8) is 0 Å². The Morgan fingerprint density at radius 2 is 1.59 bits per heavy atom. The number of carbonyl (C=O) groups is 2. The van der Waals surface area contributed by atoms with Crippen molar-refractivity contribution in [3.05, 3.63) is 57.8 Å². The van der Waals surface area contributed by atoms with E-state index in [0.717, 1.165) is 29.9 Å². The molecular weight excluding hydrogens is 586 g/mol. The average molecular weight is 626 g/mol. The first-order valence-electron chi connectivity index (χ1n) is 14.1. The van der Waals surface area contributed by atoms with Crippen molar-refractivity contribution in [1.29, 1.82) is 5.26 Å². The fourth-order valence-corrected chi connectivity index (χ4v) is 4.55. The molecule has 13 heteroatoms. The summed E-state index contributed by atoms with van der Waals surface area (Å²) in [6.07, 6.45) is 2.24. The van der Waals surface area contributed by atoms with Gasteiger partial charge in [-0.2, -0.15) is 15.5 Å². The van der Waals surface area contributed by atoms with Crippen LogP contribution in [-0.2, 0) is 33.3 Å². The summed E-state index contributed by atoms with van der Waals surface area (Å²) in [5, 5.41) is 18.3. The molecule has 0 spiro atoms. The second kappa shape index (κ2) is 20.8. The minimum absolute atomic E-state index is 0.105. The van der Waals surface area contributed by atoms with Crippen LogP contribution in [-0.4, -0.2) is 84.3 Å². The third-order valence-electron chi connectivity index (χ3n) is 6.03. The molecule has 0 saturated carbocycles. The minimum atomic E-state index is -0.579. The highest BCUT2D eigenvalue weighted by molar-refractivity contribution is 7.17. The molecule has 0 saturated heterocycles. The molecule has 0 atom stereocenters. The maximum Gasteiger partial charge on any atom is 0.330 e. The van der Waals surface area contributed by atoms with E-state index in [-0.39, 0.29) is 19.0 Å². The lowest BCUT2D eigenvalue weighted by molar-refractivity contribution is -0.139. The van der Waals surface area contributed by atoms with Gasteiger partial charge >= 0.3 is 5.97 Å². The molecule has 0 unspecified atom stereocenters. The average Bonchev–Trinajstić information content (AvgIpc) is 3.33. The number of ether oxygens (including phenoxy) is 5. The fraction of sp³-hybridized carbons (Fsp3) is 0.484. The van der Waals surface area contributed by atoms with Crippen molar-refractivity contribution in [2.45, 2.75) is 27.7 Å². The smallest absolute Gasteiger partial charge is 0.330 e. The van der Waals surface area contributed by atoms with Crippen LogP contribution in [0, 0.1) is 31.8 Å². The molecule has 0 amide bonds. The lowest BCUT2D eigenvalue weighted by atomic mass is 10.1. The first-order chi connectivity index (χ1) is 21.3. The molecule has 0 fully saturated rings. The Morgan fingerprint density at radius 1 is 0.977 bits per heavy atom. The first kappa shape index (κ1) is 36.2. The van der Waals surface area contributed by atoms with Gasteiger partial charge in [0.05, 0.1) is 70.0 Å². The summed E-state index contributed by atoms with van der Waals surface area (Å²) >= 11 is 1.18. The number of anilines is 1. The number of azo groups is 1. The van der Waals surface area contributed by atoms with E-state index in [4.69, 9.17) is 30.3 Å². The van der Waals surface area contributed by atoms with Gasteiger partial charge in [-0.1, -0.05) is 0 Å². The van der Waals surface area contributed by atoms with Crippen LogP contribution < -0.4 is 4.90 Å². The van der Waals surface area contributed by atoms with Crippen LogP contribution in [0.4, 0.5) is 22.1 Å². The highest BCUT2D eigenvalue weighted by atomic mass is 32.1. The van der Waals surface area contributed by atoms with Crippen LogP contribution in [0.3, 0.4) is 0 Å². The van der Waals surface area contributed by atoms with Crippen molar-refractivity contribution in [2.24, 2.45) is 10.2 Å². The van der Waals surface area contributed by atoms with Crippen molar-refractivity contribution >= 4 is 45.2 Å². The first-order valence-corrected chi connectivity index (χ1v) is 15.0.